The first-order valence-corrected chi connectivity index (χ1v) is 15.4. The van der Waals surface area contributed by atoms with Crippen LogP contribution in [0.2, 0.25) is 0 Å². The minimum absolute atomic E-state index is 0.0341. The van der Waals surface area contributed by atoms with Gasteiger partial charge in [0.2, 0.25) is 11.8 Å². The Labute approximate surface area is 255 Å². The van der Waals surface area contributed by atoms with Crippen LogP contribution >= 0.6 is 11.8 Å². The summed E-state index contributed by atoms with van der Waals surface area (Å²) in [7, 11) is 1.59. The molecule has 4 amide bonds. The number of pyridine rings is 1. The van der Waals surface area contributed by atoms with E-state index in [4.69, 9.17) is 9.47 Å². The molecule has 10 nitrogen and oxygen atoms in total. The van der Waals surface area contributed by atoms with Crippen molar-refractivity contribution in [1.29, 1.82) is 0 Å². The Bertz CT molecular complexity index is 1540. The standard InChI is InChI=1S/C32H35N5O5S/c1-19-16-23(42-22-9-5-4-6-10-22)11-12-24(19)37-25-13-14-33-30-26(25)27(35-32(37)40)28(43-30)29(38)34-21-8-7-15-36(17-21)31(39)20(2)18-41-3/h4-6,9-14,16,20-21,27-28H,7-8,15,17-18H2,1-3H3,(H,34,38)(H,35,40)/t20-,21+,27?,28?/m0/s1. The molecule has 1 saturated heterocycles. The number of urea groups is 1. The highest BCUT2D eigenvalue weighted by atomic mass is 32.2. The van der Waals surface area contributed by atoms with Crippen molar-refractivity contribution in [2.45, 2.75) is 49.0 Å². The van der Waals surface area contributed by atoms with Gasteiger partial charge in [-0.2, -0.15) is 0 Å². The van der Waals surface area contributed by atoms with Crippen LogP contribution < -0.4 is 20.3 Å². The number of hydrogen-bond acceptors (Lipinski definition) is 7. The molecular formula is C32H35N5O5S. The van der Waals surface area contributed by atoms with Crippen LogP contribution in [0.4, 0.5) is 16.2 Å². The van der Waals surface area contributed by atoms with Gasteiger partial charge in [-0.05, 0) is 61.7 Å². The summed E-state index contributed by atoms with van der Waals surface area (Å²) in [5, 5.41) is 6.40. The lowest BCUT2D eigenvalue weighted by Crippen LogP contribution is -2.54. The number of hydrogen-bond donors (Lipinski definition) is 2. The zero-order chi connectivity index (χ0) is 30.1. The maximum atomic E-state index is 13.6. The summed E-state index contributed by atoms with van der Waals surface area (Å²) in [5.41, 5.74) is 3.13. The molecule has 4 heterocycles. The van der Waals surface area contributed by atoms with Gasteiger partial charge in [-0.1, -0.05) is 36.9 Å². The van der Waals surface area contributed by atoms with Crippen molar-refractivity contribution in [3.63, 3.8) is 0 Å². The summed E-state index contributed by atoms with van der Waals surface area (Å²) in [6.45, 7) is 5.29. The lowest BCUT2D eigenvalue weighted by atomic mass is 9.98. The molecule has 43 heavy (non-hydrogen) atoms. The molecule has 3 aliphatic rings. The maximum absolute atomic E-state index is 13.6. The molecule has 2 aromatic carbocycles. The van der Waals surface area contributed by atoms with Crippen molar-refractivity contribution < 1.29 is 23.9 Å². The minimum Gasteiger partial charge on any atom is -0.457 e. The predicted molar refractivity (Wildman–Crippen MR) is 164 cm³/mol. The van der Waals surface area contributed by atoms with Gasteiger partial charge in [-0.3, -0.25) is 14.5 Å². The second-order valence-corrected chi connectivity index (χ2v) is 12.3. The van der Waals surface area contributed by atoms with Crippen molar-refractivity contribution in [3.8, 4) is 11.5 Å². The van der Waals surface area contributed by atoms with Gasteiger partial charge in [0.25, 0.3) is 0 Å². The number of amides is 4. The largest absolute Gasteiger partial charge is 0.457 e. The average Bonchev–Trinajstić information content (AvgIpc) is 3.38. The third-order valence-corrected chi connectivity index (χ3v) is 9.36. The molecule has 0 saturated carbocycles. The number of carbonyl (C=O) groups is 3. The minimum atomic E-state index is -0.573. The van der Waals surface area contributed by atoms with Crippen molar-refractivity contribution in [2.75, 3.05) is 31.7 Å². The van der Waals surface area contributed by atoms with Crippen LogP contribution in [-0.2, 0) is 14.3 Å². The zero-order valence-corrected chi connectivity index (χ0v) is 25.2. The van der Waals surface area contributed by atoms with Gasteiger partial charge in [0.05, 0.1) is 29.9 Å². The predicted octanol–water partition coefficient (Wildman–Crippen LogP) is 4.95. The van der Waals surface area contributed by atoms with Gasteiger partial charge in [0.1, 0.15) is 21.8 Å². The van der Waals surface area contributed by atoms with Crippen molar-refractivity contribution in [3.05, 3.63) is 71.9 Å². The zero-order valence-electron chi connectivity index (χ0n) is 24.4. The molecule has 1 fully saturated rings. The third kappa shape index (κ3) is 5.79. The van der Waals surface area contributed by atoms with E-state index in [9.17, 15) is 14.4 Å². The van der Waals surface area contributed by atoms with E-state index in [2.05, 4.69) is 15.6 Å². The topological polar surface area (TPSA) is 113 Å². The molecular weight excluding hydrogens is 566 g/mol. The van der Waals surface area contributed by atoms with Crippen LogP contribution in [0.25, 0.3) is 0 Å². The van der Waals surface area contributed by atoms with Gasteiger partial charge >= 0.3 is 6.03 Å². The quantitative estimate of drug-likeness (QED) is 0.376. The fourth-order valence-corrected chi connectivity index (χ4v) is 7.28. The average molecular weight is 602 g/mol. The molecule has 0 radical (unpaired) electrons. The van der Waals surface area contributed by atoms with Gasteiger partial charge in [-0.25, -0.2) is 9.78 Å². The maximum Gasteiger partial charge on any atom is 0.327 e. The van der Waals surface area contributed by atoms with Gasteiger partial charge < -0.3 is 25.0 Å². The number of para-hydroxylation sites is 1. The van der Waals surface area contributed by atoms with E-state index >= 15 is 0 Å². The van der Waals surface area contributed by atoms with Crippen LogP contribution in [-0.4, -0.2) is 65.8 Å². The first-order chi connectivity index (χ1) is 20.8. The number of aromatic nitrogens is 1. The molecule has 4 atom stereocenters. The molecule has 6 rings (SSSR count). The number of methoxy groups -OCH3 is 1. The summed E-state index contributed by atoms with van der Waals surface area (Å²) in [5.74, 6) is 1.03. The van der Waals surface area contributed by atoms with Gasteiger partial charge in [0, 0.05) is 38.0 Å². The molecule has 0 bridgehead atoms. The highest BCUT2D eigenvalue weighted by molar-refractivity contribution is 8.01. The van der Waals surface area contributed by atoms with Crippen LogP contribution in [0.5, 0.6) is 11.5 Å². The van der Waals surface area contributed by atoms with Crippen molar-refractivity contribution in [1.82, 2.24) is 20.5 Å². The number of carbonyl (C=O) groups excluding carboxylic acids is 3. The van der Waals surface area contributed by atoms with Gasteiger partial charge in [-0.15, -0.1) is 0 Å². The monoisotopic (exact) mass is 601 g/mol. The van der Waals surface area contributed by atoms with E-state index in [1.54, 1.807) is 18.2 Å². The number of rotatable bonds is 8. The molecule has 1 aromatic heterocycles. The Kier molecular flexibility index (Phi) is 8.27. The first kappa shape index (κ1) is 29.0. The van der Waals surface area contributed by atoms with E-state index in [1.165, 1.54) is 11.8 Å². The van der Waals surface area contributed by atoms with Crippen LogP contribution in [0, 0.1) is 12.8 Å². The summed E-state index contributed by atoms with van der Waals surface area (Å²) >= 11 is 1.36. The number of ether oxygens (including phenoxy) is 2. The molecule has 224 valence electrons. The van der Waals surface area contributed by atoms with Crippen molar-refractivity contribution >= 4 is 41.0 Å². The molecule has 2 unspecified atom stereocenters. The lowest BCUT2D eigenvalue weighted by molar-refractivity contribution is -0.138. The Hall–Kier alpha value is -4.09. The summed E-state index contributed by atoms with van der Waals surface area (Å²) in [6, 6.07) is 16.0. The smallest absolute Gasteiger partial charge is 0.327 e. The van der Waals surface area contributed by atoms with Crippen molar-refractivity contribution in [2.24, 2.45) is 5.92 Å². The van der Waals surface area contributed by atoms with E-state index in [1.807, 2.05) is 73.3 Å². The fourth-order valence-electron chi connectivity index (χ4n) is 6.04. The van der Waals surface area contributed by atoms with E-state index in [0.717, 1.165) is 40.4 Å². The normalized spacial score (nSPS) is 21.6. The SMILES string of the molecule is COC[C@H](C)C(=O)N1CCC[C@@H](NC(=O)C2Sc3nccc4c3C2NC(=O)N4c2ccc(Oc3ccccc3)cc2C)C1. The molecule has 0 spiro atoms. The Morgan fingerprint density at radius 1 is 1.14 bits per heavy atom. The van der Waals surface area contributed by atoms with Gasteiger partial charge in [0.15, 0.2) is 0 Å². The van der Waals surface area contributed by atoms with E-state index in [0.29, 0.717) is 31.1 Å². The number of thioether (sulfide) groups is 1. The Balaban J connectivity index is 1.18. The molecule has 3 aromatic rings. The number of piperidine rings is 1. The number of benzene rings is 2. The number of nitrogens with one attached hydrogen (secondary N) is 2. The Morgan fingerprint density at radius 3 is 2.72 bits per heavy atom. The second-order valence-electron chi connectivity index (χ2n) is 11.2. The molecule has 0 aliphatic carbocycles. The van der Waals surface area contributed by atoms with Crippen LogP contribution in [0.3, 0.4) is 0 Å². The highest BCUT2D eigenvalue weighted by Crippen LogP contribution is 2.51. The third-order valence-electron chi connectivity index (χ3n) is 8.07. The number of likely N-dealkylation sites (tertiary alicyclic amines) is 1. The fraction of sp³-hybridized carbons (Fsp3) is 0.375. The summed E-state index contributed by atoms with van der Waals surface area (Å²) in [4.78, 5) is 48.1. The molecule has 3 aliphatic heterocycles. The summed E-state index contributed by atoms with van der Waals surface area (Å²) in [6.07, 6.45) is 3.28. The van der Waals surface area contributed by atoms with E-state index < -0.39 is 11.3 Å². The molecule has 2 N–H and O–H groups in total. The highest BCUT2D eigenvalue weighted by Gasteiger charge is 2.47. The first-order valence-electron chi connectivity index (χ1n) is 14.5. The van der Waals surface area contributed by atoms with Crippen LogP contribution in [0.1, 0.15) is 36.9 Å². The number of aryl methyl sites for hydroxylation is 1. The van der Waals surface area contributed by atoms with Crippen LogP contribution in [0.15, 0.2) is 65.8 Å². The number of nitrogens with zero attached hydrogens (tertiary/aromatic N) is 3. The van der Waals surface area contributed by atoms with E-state index in [-0.39, 0.29) is 29.8 Å². The summed E-state index contributed by atoms with van der Waals surface area (Å²) < 4.78 is 11.1. The molecule has 11 heteroatoms. The second kappa shape index (κ2) is 12.3. The number of anilines is 2. The lowest BCUT2D eigenvalue weighted by Gasteiger charge is -2.36. The Morgan fingerprint density at radius 2 is 1.95 bits per heavy atom.